The van der Waals surface area contributed by atoms with Crippen LogP contribution in [0.5, 0.6) is 0 Å². The zero-order valence-corrected chi connectivity index (χ0v) is 21.2. The lowest BCUT2D eigenvalue weighted by atomic mass is 10.2. The smallest absolute Gasteiger partial charge is 0.286 e. The molecule has 34 heavy (non-hydrogen) atoms. The van der Waals surface area contributed by atoms with Gasteiger partial charge in [0.25, 0.3) is 5.91 Å². The highest BCUT2D eigenvalue weighted by atomic mass is 35.5. The molecule has 0 atom stereocenters. The molecular formula is C24H24Cl2N6OS. The number of fused-ring (bicyclic) bond motifs is 1. The number of nitrogens with one attached hydrogen (secondary N) is 1. The second-order valence-corrected chi connectivity index (χ2v) is 10.3. The SMILES string of the molecule is CN1CCN(Cc2nc3ccc(C=C4SC(Nc5c(Cl)cccc5Cl)=NC4=O)cc3n2C)CC1. The van der Waals surface area contributed by atoms with E-state index < -0.39 is 0 Å². The van der Waals surface area contributed by atoms with Crippen LogP contribution in [0.15, 0.2) is 46.3 Å². The molecule has 2 aromatic carbocycles. The van der Waals surface area contributed by atoms with Gasteiger partial charge in [-0.15, -0.1) is 0 Å². The van der Waals surface area contributed by atoms with E-state index >= 15 is 0 Å². The fraction of sp³-hybridized carbons (Fsp3) is 0.292. The Labute approximate surface area is 212 Å². The zero-order valence-electron chi connectivity index (χ0n) is 18.9. The van der Waals surface area contributed by atoms with Crippen LogP contribution in [-0.2, 0) is 18.4 Å². The molecule has 1 N–H and O–H groups in total. The summed E-state index contributed by atoms with van der Waals surface area (Å²) in [5.74, 6) is 0.749. The van der Waals surface area contributed by atoms with E-state index in [0.29, 0.717) is 25.8 Å². The van der Waals surface area contributed by atoms with Gasteiger partial charge in [-0.2, -0.15) is 4.99 Å². The van der Waals surface area contributed by atoms with Crippen molar-refractivity contribution in [2.45, 2.75) is 6.54 Å². The van der Waals surface area contributed by atoms with E-state index in [1.807, 2.05) is 25.3 Å². The second-order valence-electron chi connectivity index (χ2n) is 8.47. The number of para-hydroxylation sites is 1. The molecule has 1 saturated heterocycles. The molecular weight excluding hydrogens is 491 g/mol. The van der Waals surface area contributed by atoms with Crippen molar-refractivity contribution >= 4 is 68.8 Å². The average molecular weight is 515 g/mol. The van der Waals surface area contributed by atoms with Crippen LogP contribution in [0.4, 0.5) is 5.69 Å². The number of carbonyl (C=O) groups excluding carboxylic acids is 1. The van der Waals surface area contributed by atoms with Gasteiger partial charge in [-0.25, -0.2) is 4.98 Å². The zero-order chi connectivity index (χ0) is 23.8. The highest BCUT2D eigenvalue weighted by molar-refractivity contribution is 8.18. The number of amidine groups is 1. The molecule has 0 radical (unpaired) electrons. The van der Waals surface area contributed by atoms with E-state index in [-0.39, 0.29) is 5.91 Å². The molecule has 5 rings (SSSR count). The maximum Gasteiger partial charge on any atom is 0.286 e. The number of halogens is 2. The van der Waals surface area contributed by atoms with Crippen molar-refractivity contribution in [2.75, 3.05) is 38.5 Å². The van der Waals surface area contributed by atoms with Gasteiger partial charge in [-0.3, -0.25) is 9.69 Å². The molecule has 3 heterocycles. The Bertz CT molecular complexity index is 1310. The Hall–Kier alpha value is -2.36. The van der Waals surface area contributed by atoms with Crippen LogP contribution in [0.3, 0.4) is 0 Å². The predicted octanol–water partition coefficient (Wildman–Crippen LogP) is 4.71. The summed E-state index contributed by atoms with van der Waals surface area (Å²) in [5.41, 5.74) is 3.45. The van der Waals surface area contributed by atoms with E-state index in [1.54, 1.807) is 18.2 Å². The molecule has 176 valence electrons. The summed E-state index contributed by atoms with van der Waals surface area (Å²) in [6.45, 7) is 5.08. The molecule has 1 fully saturated rings. The standard InChI is InChI=1S/C24H24Cl2N6OS/c1-30-8-10-32(11-9-30)14-21-27-18-7-6-15(12-19(18)31(21)2)13-20-23(33)29-24(34-20)28-22-16(25)4-3-5-17(22)26/h3-7,12-13H,8-11,14H2,1-2H3,(H,28,29,33). The number of piperazine rings is 1. The summed E-state index contributed by atoms with van der Waals surface area (Å²) < 4.78 is 2.14. The Kier molecular flexibility index (Phi) is 6.68. The number of aryl methyl sites for hydroxylation is 1. The molecule has 0 spiro atoms. The third-order valence-electron chi connectivity index (χ3n) is 6.07. The summed E-state index contributed by atoms with van der Waals surface area (Å²) in [7, 11) is 4.21. The maximum absolute atomic E-state index is 12.5. The first kappa shape index (κ1) is 23.4. The lowest BCUT2D eigenvalue weighted by molar-refractivity contribution is -0.113. The van der Waals surface area contributed by atoms with Crippen molar-refractivity contribution in [3.8, 4) is 0 Å². The quantitative estimate of drug-likeness (QED) is 0.508. The van der Waals surface area contributed by atoms with Crippen molar-refractivity contribution in [3.63, 3.8) is 0 Å². The van der Waals surface area contributed by atoms with Crippen molar-refractivity contribution < 1.29 is 4.79 Å². The number of likely N-dealkylation sites (N-methyl/N-ethyl adjacent to an activating group) is 1. The minimum Gasteiger partial charge on any atom is -0.332 e. The topological polar surface area (TPSA) is 65.8 Å². The number of anilines is 1. The number of aliphatic imine (C=N–C) groups is 1. The fourth-order valence-corrected chi connectivity index (χ4v) is 5.34. The maximum atomic E-state index is 12.5. The van der Waals surface area contributed by atoms with Crippen LogP contribution < -0.4 is 5.32 Å². The molecule has 1 aromatic heterocycles. The van der Waals surface area contributed by atoms with Crippen LogP contribution >= 0.6 is 35.0 Å². The molecule has 0 aliphatic carbocycles. The van der Waals surface area contributed by atoms with Gasteiger partial charge in [0.2, 0.25) is 0 Å². The molecule has 0 saturated carbocycles. The van der Waals surface area contributed by atoms with Gasteiger partial charge < -0.3 is 14.8 Å². The first-order valence-corrected chi connectivity index (χ1v) is 12.5. The van der Waals surface area contributed by atoms with Crippen LogP contribution in [0.1, 0.15) is 11.4 Å². The fourth-order valence-electron chi connectivity index (χ4n) is 4.03. The minimum atomic E-state index is -0.295. The molecule has 0 unspecified atom stereocenters. The van der Waals surface area contributed by atoms with Gasteiger partial charge in [0, 0.05) is 33.2 Å². The van der Waals surface area contributed by atoms with Gasteiger partial charge >= 0.3 is 0 Å². The van der Waals surface area contributed by atoms with Gasteiger partial charge in [-0.05, 0) is 54.7 Å². The lowest BCUT2D eigenvalue weighted by Gasteiger charge is -2.31. The molecule has 1 amide bonds. The lowest BCUT2D eigenvalue weighted by Crippen LogP contribution is -2.44. The highest BCUT2D eigenvalue weighted by Gasteiger charge is 2.23. The van der Waals surface area contributed by atoms with Crippen molar-refractivity contribution in [1.82, 2.24) is 19.4 Å². The molecule has 2 aliphatic heterocycles. The number of hydrogen-bond acceptors (Lipinski definition) is 6. The van der Waals surface area contributed by atoms with Crippen molar-refractivity contribution in [1.29, 1.82) is 0 Å². The third-order valence-corrected chi connectivity index (χ3v) is 7.60. The molecule has 7 nitrogen and oxygen atoms in total. The Balaban J connectivity index is 1.33. The van der Waals surface area contributed by atoms with Gasteiger partial charge in [0.15, 0.2) is 5.17 Å². The predicted molar refractivity (Wildman–Crippen MR) is 142 cm³/mol. The number of rotatable bonds is 4. The van der Waals surface area contributed by atoms with E-state index in [0.717, 1.165) is 55.1 Å². The molecule has 3 aromatic rings. The van der Waals surface area contributed by atoms with Crippen LogP contribution in [0, 0.1) is 0 Å². The van der Waals surface area contributed by atoms with Gasteiger partial charge in [-0.1, -0.05) is 35.3 Å². The van der Waals surface area contributed by atoms with Gasteiger partial charge in [0.05, 0.1) is 38.2 Å². The summed E-state index contributed by atoms with van der Waals surface area (Å²) in [5, 5.41) is 4.45. The summed E-state index contributed by atoms with van der Waals surface area (Å²) >= 11 is 13.7. The number of nitrogens with zero attached hydrogens (tertiary/aromatic N) is 5. The molecule has 10 heteroatoms. The average Bonchev–Trinajstić information content (AvgIpc) is 3.31. The normalized spacial score (nSPS) is 18.8. The number of amides is 1. The van der Waals surface area contributed by atoms with E-state index in [2.05, 4.69) is 37.8 Å². The Morgan fingerprint density at radius 3 is 2.56 bits per heavy atom. The Morgan fingerprint density at radius 1 is 1.09 bits per heavy atom. The number of imidazole rings is 1. The number of carbonyl (C=O) groups is 1. The van der Waals surface area contributed by atoms with Crippen LogP contribution in [-0.4, -0.2) is 63.7 Å². The number of thioether (sulfide) groups is 1. The number of benzene rings is 2. The van der Waals surface area contributed by atoms with Gasteiger partial charge in [0.1, 0.15) is 5.82 Å². The van der Waals surface area contributed by atoms with Crippen molar-refractivity contribution in [3.05, 3.63) is 62.7 Å². The van der Waals surface area contributed by atoms with Crippen LogP contribution in [0.25, 0.3) is 17.1 Å². The molecule has 2 aliphatic rings. The summed E-state index contributed by atoms with van der Waals surface area (Å²) in [4.78, 5) is 26.8. The minimum absolute atomic E-state index is 0.295. The molecule has 0 bridgehead atoms. The third kappa shape index (κ3) is 4.87. The Morgan fingerprint density at radius 2 is 1.82 bits per heavy atom. The first-order valence-electron chi connectivity index (χ1n) is 11.0. The van der Waals surface area contributed by atoms with E-state index in [1.165, 1.54) is 11.8 Å². The number of aromatic nitrogens is 2. The summed E-state index contributed by atoms with van der Waals surface area (Å²) in [6.07, 6.45) is 1.85. The number of hydrogen-bond donors (Lipinski definition) is 1. The highest BCUT2D eigenvalue weighted by Crippen LogP contribution is 2.34. The van der Waals surface area contributed by atoms with E-state index in [4.69, 9.17) is 28.2 Å². The largest absolute Gasteiger partial charge is 0.332 e. The monoisotopic (exact) mass is 514 g/mol. The first-order chi connectivity index (χ1) is 16.4. The van der Waals surface area contributed by atoms with E-state index in [9.17, 15) is 4.79 Å². The summed E-state index contributed by atoms with van der Waals surface area (Å²) in [6, 6.07) is 11.3. The van der Waals surface area contributed by atoms with Crippen molar-refractivity contribution in [2.24, 2.45) is 12.0 Å². The second kappa shape index (κ2) is 9.71. The van der Waals surface area contributed by atoms with Crippen LogP contribution in [0.2, 0.25) is 10.0 Å².